The molecule has 1 amide bonds. The van der Waals surface area contributed by atoms with Crippen molar-refractivity contribution in [1.29, 1.82) is 0 Å². The van der Waals surface area contributed by atoms with E-state index in [0.29, 0.717) is 19.4 Å². The molecule has 4 saturated heterocycles. The number of nitrogens with zero attached hydrogens (tertiary/aromatic N) is 1. The number of fused-ring (bicyclic) bond motifs is 2. The van der Waals surface area contributed by atoms with E-state index in [1.807, 2.05) is 41.7 Å². The molecule has 4 rings (SSSR count). The SMILES string of the molecule is CCN(C)[C@H]1C[C@@H](C)O[C@@H](O[C@@H]2[C@@H](C)[C@H](O[C@H]3C[C@@](C)(OC)C(O)[C@H](C)O3)[C@@H](C)C(=O)N[C@H](CCF)[C@@](C)(O)[C@H](O)[C@@H](C)[C@H]3O[C@]2(C)C[C@H]3C)[C@@H]1O. The van der Waals surface area contributed by atoms with Crippen LogP contribution in [0.3, 0.4) is 0 Å². The van der Waals surface area contributed by atoms with E-state index in [1.54, 1.807) is 27.7 Å². The quantitative estimate of drug-likeness (QED) is 0.234. The number of amides is 1. The van der Waals surface area contributed by atoms with Crippen molar-refractivity contribution in [3.63, 3.8) is 0 Å². The highest BCUT2D eigenvalue weighted by atomic mass is 19.1. The largest absolute Gasteiger partial charge is 0.390 e. The third-order valence-corrected chi connectivity index (χ3v) is 13.0. The maximum Gasteiger partial charge on any atom is 0.225 e. The third kappa shape index (κ3) is 8.67. The van der Waals surface area contributed by atoms with E-state index in [1.165, 1.54) is 14.0 Å². The molecule has 0 aromatic carbocycles. The van der Waals surface area contributed by atoms with E-state index in [9.17, 15) is 29.6 Å². The van der Waals surface area contributed by atoms with Crippen molar-refractivity contribution in [2.75, 3.05) is 27.4 Å². The van der Waals surface area contributed by atoms with Crippen LogP contribution in [0.5, 0.6) is 0 Å². The number of likely N-dealkylation sites (N-methyl/N-ethyl adjacent to an activating group) is 1. The molecule has 0 spiro atoms. The zero-order valence-electron chi connectivity index (χ0n) is 33.5. The number of nitrogens with one attached hydrogen (secondary N) is 1. The number of aliphatic hydroxyl groups is 4. The molecular formula is C38H69FN2O11. The Hall–Kier alpha value is -1.04. The number of carbonyl (C=O) groups is 1. The second-order valence-corrected chi connectivity index (χ2v) is 17.1. The second kappa shape index (κ2) is 17.0. The predicted molar refractivity (Wildman–Crippen MR) is 191 cm³/mol. The van der Waals surface area contributed by atoms with Crippen LogP contribution in [0.2, 0.25) is 0 Å². The number of ether oxygens (including phenoxy) is 6. The van der Waals surface area contributed by atoms with Crippen molar-refractivity contribution >= 4 is 5.91 Å². The average molecular weight is 749 g/mol. The second-order valence-electron chi connectivity index (χ2n) is 17.1. The van der Waals surface area contributed by atoms with Crippen molar-refractivity contribution in [1.82, 2.24) is 10.2 Å². The standard InChI is InChI=1S/C38H69FN2O11/c1-13-41(11)25-16-20(3)48-35(28(25)42)51-33-22(5)30(50-27-18-36(8,47-12)32(44)24(7)49-27)23(6)34(45)40-26(14-15-39)38(10,46)31(43)21(4)29-19(2)17-37(33,9)52-29/h19-33,35,42-44,46H,13-18H2,1-12H3,(H,40,45)/t19-,20-,21+,22+,23-,24+,25+,26-,27+,28-,29+,30+,31-,32?,33-,35+,36-,37-,38-/m1/s1. The lowest BCUT2D eigenvalue weighted by Crippen LogP contribution is -2.62. The summed E-state index contributed by atoms with van der Waals surface area (Å²) in [6.07, 6.45) is -7.44. The summed E-state index contributed by atoms with van der Waals surface area (Å²) in [5, 5.41) is 49.0. The number of carbonyl (C=O) groups excluding carboxylic acids is 1. The fourth-order valence-corrected chi connectivity index (χ4v) is 9.45. The Morgan fingerprint density at radius 1 is 0.981 bits per heavy atom. The van der Waals surface area contributed by atoms with Gasteiger partial charge in [0.2, 0.25) is 5.91 Å². The van der Waals surface area contributed by atoms with Gasteiger partial charge in [-0.25, -0.2) is 0 Å². The highest BCUT2D eigenvalue weighted by Gasteiger charge is 2.57. The van der Waals surface area contributed by atoms with Gasteiger partial charge in [0.05, 0.1) is 66.5 Å². The summed E-state index contributed by atoms with van der Waals surface area (Å²) in [4.78, 5) is 16.3. The average Bonchev–Trinajstić information content (AvgIpc) is 3.41. The molecule has 52 heavy (non-hydrogen) atoms. The number of aliphatic hydroxyl groups excluding tert-OH is 3. The van der Waals surface area contributed by atoms with Crippen molar-refractivity contribution in [3.05, 3.63) is 0 Å². The Morgan fingerprint density at radius 3 is 2.23 bits per heavy atom. The van der Waals surface area contributed by atoms with Crippen molar-refractivity contribution in [2.24, 2.45) is 23.7 Å². The van der Waals surface area contributed by atoms with Gasteiger partial charge in [-0.2, -0.15) is 0 Å². The first kappa shape index (κ1) is 43.7. The fraction of sp³-hybridized carbons (Fsp3) is 0.974. The van der Waals surface area contributed by atoms with Crippen LogP contribution in [0.15, 0.2) is 0 Å². The Labute approximate surface area is 310 Å². The molecule has 304 valence electrons. The van der Waals surface area contributed by atoms with E-state index in [0.717, 1.165) is 0 Å². The summed E-state index contributed by atoms with van der Waals surface area (Å²) >= 11 is 0. The highest BCUT2D eigenvalue weighted by Crippen LogP contribution is 2.47. The number of rotatable bonds is 9. The molecule has 4 aliphatic rings. The van der Waals surface area contributed by atoms with Crippen molar-refractivity contribution in [2.45, 2.75) is 185 Å². The minimum Gasteiger partial charge on any atom is -0.390 e. The van der Waals surface area contributed by atoms with E-state index in [4.69, 9.17) is 28.4 Å². The molecule has 0 aromatic heterocycles. The molecule has 4 fully saturated rings. The van der Waals surface area contributed by atoms with Gasteiger partial charge in [0.15, 0.2) is 12.6 Å². The smallest absolute Gasteiger partial charge is 0.225 e. The molecule has 0 aromatic rings. The highest BCUT2D eigenvalue weighted by molar-refractivity contribution is 5.79. The molecule has 0 radical (unpaired) electrons. The minimum atomic E-state index is -1.91. The van der Waals surface area contributed by atoms with Crippen LogP contribution in [0.1, 0.15) is 94.9 Å². The van der Waals surface area contributed by atoms with E-state index in [2.05, 4.69) is 10.2 Å². The molecule has 0 saturated carbocycles. The van der Waals surface area contributed by atoms with Crippen LogP contribution < -0.4 is 5.32 Å². The summed E-state index contributed by atoms with van der Waals surface area (Å²) in [5.74, 6) is -2.81. The van der Waals surface area contributed by atoms with Gasteiger partial charge in [0.1, 0.15) is 17.8 Å². The normalized spacial score (nSPS) is 51.0. The van der Waals surface area contributed by atoms with Gasteiger partial charge in [-0.3, -0.25) is 9.18 Å². The van der Waals surface area contributed by atoms with Gasteiger partial charge in [0, 0.05) is 31.4 Å². The molecule has 4 aliphatic heterocycles. The molecule has 4 heterocycles. The molecule has 14 heteroatoms. The van der Waals surface area contributed by atoms with Crippen LogP contribution in [-0.2, 0) is 33.2 Å². The Morgan fingerprint density at radius 2 is 1.63 bits per heavy atom. The predicted octanol–water partition coefficient (Wildman–Crippen LogP) is 2.54. The number of hydrogen-bond acceptors (Lipinski definition) is 12. The Kier molecular flexibility index (Phi) is 14.3. The number of halogens is 1. The lowest BCUT2D eigenvalue weighted by molar-refractivity contribution is -0.318. The number of alkyl halides is 1. The first-order chi connectivity index (χ1) is 24.1. The van der Waals surface area contributed by atoms with Gasteiger partial charge in [-0.15, -0.1) is 0 Å². The number of hydrogen-bond donors (Lipinski definition) is 5. The van der Waals surface area contributed by atoms with E-state index >= 15 is 0 Å². The minimum absolute atomic E-state index is 0.112. The first-order valence-corrected chi connectivity index (χ1v) is 19.3. The Bertz CT molecular complexity index is 1190. The van der Waals surface area contributed by atoms with Gasteiger partial charge in [-0.1, -0.05) is 34.6 Å². The van der Waals surface area contributed by atoms with Gasteiger partial charge >= 0.3 is 0 Å². The third-order valence-electron chi connectivity index (χ3n) is 13.0. The molecule has 5 N–H and O–H groups in total. The van der Waals surface area contributed by atoms with E-state index in [-0.39, 0.29) is 30.9 Å². The monoisotopic (exact) mass is 748 g/mol. The summed E-state index contributed by atoms with van der Waals surface area (Å²) in [6.45, 7) is 18.1. The summed E-state index contributed by atoms with van der Waals surface area (Å²) in [5.41, 5.74) is -3.96. The summed E-state index contributed by atoms with van der Waals surface area (Å²) in [7, 11) is 3.47. The molecule has 0 aliphatic carbocycles. The van der Waals surface area contributed by atoms with Crippen LogP contribution in [0, 0.1) is 23.7 Å². The van der Waals surface area contributed by atoms with Crippen molar-refractivity contribution < 1.29 is 58.0 Å². The van der Waals surface area contributed by atoms with Crippen LogP contribution >= 0.6 is 0 Å². The first-order valence-electron chi connectivity index (χ1n) is 19.3. The van der Waals surface area contributed by atoms with Gasteiger partial charge in [0.25, 0.3) is 0 Å². The van der Waals surface area contributed by atoms with Gasteiger partial charge in [-0.05, 0) is 73.4 Å². The lowest BCUT2D eigenvalue weighted by atomic mass is 9.75. The molecule has 1 unspecified atom stereocenters. The topological polar surface area (TPSA) is 169 Å². The maximum atomic E-state index is 14.3. The van der Waals surface area contributed by atoms with Crippen LogP contribution in [0.25, 0.3) is 0 Å². The van der Waals surface area contributed by atoms with Gasteiger partial charge < -0.3 is 59.1 Å². The maximum absolute atomic E-state index is 14.3. The molecular weight excluding hydrogens is 679 g/mol. The van der Waals surface area contributed by atoms with Crippen LogP contribution in [-0.4, -0.2) is 149 Å². The van der Waals surface area contributed by atoms with E-state index < -0.39 is 108 Å². The zero-order chi connectivity index (χ0) is 39.1. The molecule has 13 nitrogen and oxygen atoms in total. The summed E-state index contributed by atoms with van der Waals surface area (Å²) in [6, 6.07) is -1.36. The zero-order valence-corrected chi connectivity index (χ0v) is 33.5. The van der Waals surface area contributed by atoms with Crippen LogP contribution in [0.4, 0.5) is 4.39 Å². The van der Waals surface area contributed by atoms with Crippen molar-refractivity contribution in [3.8, 4) is 0 Å². The summed E-state index contributed by atoms with van der Waals surface area (Å²) < 4.78 is 52.9. The lowest BCUT2D eigenvalue weighted by Gasteiger charge is -2.49. The number of methoxy groups -OCH3 is 1. The Balaban J connectivity index is 1.84. The molecule has 2 bridgehead atoms. The fourth-order valence-electron chi connectivity index (χ4n) is 9.45. The molecule has 19 atom stereocenters.